The summed E-state index contributed by atoms with van der Waals surface area (Å²) in [6.45, 7) is 0. The average Bonchev–Trinajstić information content (AvgIpc) is 2.99. The molecule has 0 radical (unpaired) electrons. The van der Waals surface area contributed by atoms with Crippen LogP contribution in [0.2, 0.25) is 0 Å². The number of fused-ring (bicyclic) bond motifs is 2. The second-order valence-corrected chi connectivity index (χ2v) is 6.38. The zero-order valence-corrected chi connectivity index (χ0v) is 11.4. The van der Waals surface area contributed by atoms with Gasteiger partial charge in [-0.15, -0.1) is 11.6 Å². The van der Waals surface area contributed by atoms with Gasteiger partial charge in [0.05, 0.1) is 0 Å². The van der Waals surface area contributed by atoms with Crippen molar-refractivity contribution in [2.24, 2.45) is 17.8 Å². The summed E-state index contributed by atoms with van der Waals surface area (Å²) in [6.07, 6.45) is 6.91. The summed E-state index contributed by atoms with van der Waals surface area (Å²) in [5.74, 6) is 3.69. The Morgan fingerprint density at radius 3 is 2.50 bits per heavy atom. The molecule has 18 heavy (non-hydrogen) atoms. The zero-order valence-electron chi connectivity index (χ0n) is 10.6. The van der Waals surface area contributed by atoms with Crippen molar-refractivity contribution >= 4 is 11.6 Å². The van der Waals surface area contributed by atoms with Crippen molar-refractivity contribution in [3.8, 4) is 0 Å². The third-order valence-electron chi connectivity index (χ3n) is 5.00. The maximum Gasteiger partial charge on any atom is 0.123 e. The number of hydrogen-bond donors (Lipinski definition) is 0. The van der Waals surface area contributed by atoms with E-state index in [1.54, 1.807) is 12.1 Å². The van der Waals surface area contributed by atoms with Crippen LogP contribution in [0.3, 0.4) is 0 Å². The smallest absolute Gasteiger partial charge is 0.123 e. The van der Waals surface area contributed by atoms with Gasteiger partial charge in [-0.05, 0) is 67.1 Å². The van der Waals surface area contributed by atoms with E-state index in [-0.39, 0.29) is 5.82 Å². The fraction of sp³-hybridized carbons (Fsp3) is 0.625. The Balaban J connectivity index is 1.67. The lowest BCUT2D eigenvalue weighted by molar-refractivity contribution is 0.300. The van der Waals surface area contributed by atoms with Gasteiger partial charge in [0, 0.05) is 5.88 Å². The lowest BCUT2D eigenvalue weighted by Gasteiger charge is -2.26. The molecule has 2 aliphatic rings. The number of alkyl halides is 1. The maximum absolute atomic E-state index is 12.9. The van der Waals surface area contributed by atoms with E-state index in [0.29, 0.717) is 11.8 Å². The fourth-order valence-corrected chi connectivity index (χ4v) is 4.36. The van der Waals surface area contributed by atoms with Crippen LogP contribution in [0.1, 0.15) is 43.6 Å². The molecule has 2 heteroatoms. The molecule has 98 valence electrons. The van der Waals surface area contributed by atoms with E-state index in [9.17, 15) is 4.39 Å². The van der Waals surface area contributed by atoms with Crippen LogP contribution in [0.4, 0.5) is 4.39 Å². The van der Waals surface area contributed by atoms with Crippen LogP contribution in [0.15, 0.2) is 24.3 Å². The van der Waals surface area contributed by atoms with Crippen molar-refractivity contribution in [3.05, 3.63) is 35.6 Å². The van der Waals surface area contributed by atoms with Crippen molar-refractivity contribution in [2.75, 3.05) is 5.88 Å². The van der Waals surface area contributed by atoms with E-state index < -0.39 is 0 Å². The topological polar surface area (TPSA) is 0 Å². The molecule has 4 unspecified atom stereocenters. The molecule has 0 nitrogen and oxygen atoms in total. The SMILES string of the molecule is Fc1ccc(C(CCl)CC2CC3CCC2C3)cc1. The molecule has 0 heterocycles. The van der Waals surface area contributed by atoms with Crippen molar-refractivity contribution in [1.29, 1.82) is 0 Å². The molecular weight excluding hydrogens is 247 g/mol. The van der Waals surface area contributed by atoms with Crippen LogP contribution in [0, 0.1) is 23.6 Å². The molecule has 0 saturated heterocycles. The van der Waals surface area contributed by atoms with Gasteiger partial charge in [0.15, 0.2) is 0 Å². The minimum Gasteiger partial charge on any atom is -0.207 e. The van der Waals surface area contributed by atoms with E-state index in [4.69, 9.17) is 11.6 Å². The highest BCUT2D eigenvalue weighted by Crippen LogP contribution is 2.51. The molecule has 0 aromatic heterocycles. The standard InChI is InChI=1S/C16H20ClF/c17-10-15(12-3-5-16(18)6-4-12)9-14-8-11-1-2-13(14)7-11/h3-6,11,13-15H,1-2,7-10H2. The Kier molecular flexibility index (Phi) is 3.61. The quantitative estimate of drug-likeness (QED) is 0.675. The molecule has 2 saturated carbocycles. The highest BCUT2D eigenvalue weighted by atomic mass is 35.5. The molecule has 1 aromatic carbocycles. The molecule has 0 aliphatic heterocycles. The summed E-state index contributed by atoms with van der Waals surface area (Å²) in [4.78, 5) is 0. The second-order valence-electron chi connectivity index (χ2n) is 6.07. The van der Waals surface area contributed by atoms with Crippen LogP contribution in [-0.2, 0) is 0 Å². The lowest BCUT2D eigenvalue weighted by Crippen LogP contribution is -2.15. The van der Waals surface area contributed by atoms with E-state index in [0.717, 1.165) is 17.8 Å². The molecule has 2 fully saturated rings. The first kappa shape index (κ1) is 12.5. The van der Waals surface area contributed by atoms with E-state index in [1.165, 1.54) is 37.7 Å². The number of rotatable bonds is 4. The molecule has 1 aromatic rings. The van der Waals surface area contributed by atoms with E-state index >= 15 is 0 Å². The number of hydrogen-bond acceptors (Lipinski definition) is 0. The van der Waals surface area contributed by atoms with Crippen molar-refractivity contribution in [3.63, 3.8) is 0 Å². The Hall–Kier alpha value is -0.560. The molecule has 2 bridgehead atoms. The molecule has 0 amide bonds. The molecule has 0 spiro atoms. The van der Waals surface area contributed by atoms with Gasteiger partial charge in [-0.3, -0.25) is 0 Å². The van der Waals surface area contributed by atoms with Crippen molar-refractivity contribution in [1.82, 2.24) is 0 Å². The minimum absolute atomic E-state index is 0.160. The van der Waals surface area contributed by atoms with Gasteiger partial charge in [0.1, 0.15) is 5.82 Å². The monoisotopic (exact) mass is 266 g/mol. The van der Waals surface area contributed by atoms with Crippen molar-refractivity contribution in [2.45, 2.75) is 38.0 Å². The van der Waals surface area contributed by atoms with Crippen LogP contribution in [0.25, 0.3) is 0 Å². The van der Waals surface area contributed by atoms with Gasteiger partial charge in [-0.25, -0.2) is 4.39 Å². The summed E-state index contributed by atoms with van der Waals surface area (Å²) >= 11 is 6.13. The minimum atomic E-state index is -0.160. The van der Waals surface area contributed by atoms with Crippen LogP contribution >= 0.6 is 11.6 Å². The highest BCUT2D eigenvalue weighted by molar-refractivity contribution is 6.18. The molecule has 2 aliphatic carbocycles. The van der Waals surface area contributed by atoms with Gasteiger partial charge < -0.3 is 0 Å². The lowest BCUT2D eigenvalue weighted by atomic mass is 9.80. The zero-order chi connectivity index (χ0) is 12.5. The highest BCUT2D eigenvalue weighted by Gasteiger charge is 2.40. The normalized spacial score (nSPS) is 31.8. The van der Waals surface area contributed by atoms with Gasteiger partial charge in [0.25, 0.3) is 0 Å². The predicted molar refractivity (Wildman–Crippen MR) is 73.4 cm³/mol. The average molecular weight is 267 g/mol. The Labute approximate surface area is 114 Å². The Bertz CT molecular complexity index is 400. The number of halogens is 2. The van der Waals surface area contributed by atoms with Gasteiger partial charge in [0.2, 0.25) is 0 Å². The summed E-state index contributed by atoms with van der Waals surface area (Å²) in [5.41, 5.74) is 1.20. The van der Waals surface area contributed by atoms with Gasteiger partial charge in [-0.2, -0.15) is 0 Å². The second kappa shape index (κ2) is 5.21. The van der Waals surface area contributed by atoms with Crippen LogP contribution in [0.5, 0.6) is 0 Å². The van der Waals surface area contributed by atoms with Gasteiger partial charge >= 0.3 is 0 Å². The molecular formula is C16H20ClF. The van der Waals surface area contributed by atoms with E-state index in [2.05, 4.69) is 0 Å². The predicted octanol–water partition coefficient (Wildman–Crippen LogP) is 4.97. The first-order valence-electron chi connectivity index (χ1n) is 7.07. The summed E-state index contributed by atoms with van der Waals surface area (Å²) in [6, 6.07) is 6.90. The van der Waals surface area contributed by atoms with E-state index in [1.807, 2.05) is 12.1 Å². The molecule has 3 rings (SSSR count). The molecule has 4 atom stereocenters. The first-order valence-corrected chi connectivity index (χ1v) is 7.61. The van der Waals surface area contributed by atoms with Crippen molar-refractivity contribution < 1.29 is 4.39 Å². The van der Waals surface area contributed by atoms with Gasteiger partial charge in [-0.1, -0.05) is 18.6 Å². The summed E-state index contributed by atoms with van der Waals surface area (Å²) < 4.78 is 12.9. The summed E-state index contributed by atoms with van der Waals surface area (Å²) in [5, 5.41) is 0. The maximum atomic E-state index is 12.9. The Morgan fingerprint density at radius 2 is 1.94 bits per heavy atom. The number of benzene rings is 1. The van der Waals surface area contributed by atoms with Crippen LogP contribution < -0.4 is 0 Å². The molecule has 0 N–H and O–H groups in total. The third kappa shape index (κ3) is 2.42. The van der Waals surface area contributed by atoms with Crippen LogP contribution in [-0.4, -0.2) is 5.88 Å². The first-order chi connectivity index (χ1) is 8.76. The Morgan fingerprint density at radius 1 is 1.17 bits per heavy atom. The third-order valence-corrected chi connectivity index (χ3v) is 5.37. The fourth-order valence-electron chi connectivity index (χ4n) is 4.05. The largest absolute Gasteiger partial charge is 0.207 e. The summed E-state index contributed by atoms with van der Waals surface area (Å²) in [7, 11) is 0.